The second kappa shape index (κ2) is 3.93. The van der Waals surface area contributed by atoms with Crippen molar-refractivity contribution in [2.45, 2.75) is 19.8 Å². The van der Waals surface area contributed by atoms with Gasteiger partial charge in [0.15, 0.2) is 0 Å². The molecule has 0 radical (unpaired) electrons. The number of rotatable bonds is 1. The largest absolute Gasteiger partial charge is 0.330 e. The Labute approximate surface area is 96.7 Å². The van der Waals surface area contributed by atoms with Gasteiger partial charge in [0.1, 0.15) is 11.7 Å². The molecule has 1 saturated heterocycles. The molecule has 15 heavy (non-hydrogen) atoms. The van der Waals surface area contributed by atoms with E-state index in [-0.39, 0.29) is 5.82 Å². The molecule has 1 aliphatic heterocycles. The molecule has 0 aromatic heterocycles. The second-order valence-corrected chi connectivity index (χ2v) is 4.61. The van der Waals surface area contributed by atoms with Gasteiger partial charge in [0.2, 0.25) is 0 Å². The summed E-state index contributed by atoms with van der Waals surface area (Å²) in [5.74, 6) is 0.315. The Morgan fingerprint density at radius 1 is 1.47 bits per heavy atom. The Balaban J connectivity index is 2.43. The van der Waals surface area contributed by atoms with Gasteiger partial charge < -0.3 is 4.90 Å². The van der Waals surface area contributed by atoms with E-state index in [9.17, 15) is 4.39 Å². The maximum atomic E-state index is 13.4. The van der Waals surface area contributed by atoms with Crippen molar-refractivity contribution >= 4 is 27.5 Å². The van der Waals surface area contributed by atoms with E-state index < -0.39 is 0 Å². The van der Waals surface area contributed by atoms with Gasteiger partial charge in [-0.05, 0) is 47.0 Å². The quantitative estimate of drug-likeness (QED) is 0.831. The number of halogens is 2. The normalized spacial score (nSPS) is 16.2. The van der Waals surface area contributed by atoms with Crippen LogP contribution in [-0.2, 0) is 0 Å². The zero-order chi connectivity index (χ0) is 11.0. The molecule has 1 heterocycles. The lowest BCUT2D eigenvalue weighted by atomic mass is 10.2. The molecule has 1 fully saturated rings. The topological polar surface area (TPSA) is 27.1 Å². The van der Waals surface area contributed by atoms with Crippen molar-refractivity contribution in [3.05, 3.63) is 28.0 Å². The van der Waals surface area contributed by atoms with Crippen LogP contribution in [0.25, 0.3) is 0 Å². The van der Waals surface area contributed by atoms with Gasteiger partial charge >= 0.3 is 0 Å². The molecule has 0 bridgehead atoms. The molecule has 1 aromatic carbocycles. The number of benzene rings is 1. The van der Waals surface area contributed by atoms with Crippen molar-refractivity contribution in [3.63, 3.8) is 0 Å². The first-order valence-corrected chi connectivity index (χ1v) is 5.69. The van der Waals surface area contributed by atoms with E-state index >= 15 is 0 Å². The number of amidine groups is 1. The molecule has 0 atom stereocenters. The lowest BCUT2D eigenvalue weighted by Gasteiger charge is -2.20. The van der Waals surface area contributed by atoms with Crippen LogP contribution in [0, 0.1) is 18.2 Å². The van der Waals surface area contributed by atoms with Gasteiger partial charge in [0, 0.05) is 18.7 Å². The predicted molar refractivity (Wildman–Crippen MR) is 63.1 cm³/mol. The average molecular weight is 271 g/mol. The highest BCUT2D eigenvalue weighted by molar-refractivity contribution is 9.10. The minimum absolute atomic E-state index is 0.268. The van der Waals surface area contributed by atoms with E-state index in [1.54, 1.807) is 6.07 Å². The zero-order valence-electron chi connectivity index (χ0n) is 8.48. The molecule has 1 aliphatic rings. The highest BCUT2D eigenvalue weighted by Crippen LogP contribution is 2.29. The Morgan fingerprint density at radius 3 is 2.80 bits per heavy atom. The van der Waals surface area contributed by atoms with Gasteiger partial charge in [-0.3, -0.25) is 5.41 Å². The molecule has 0 spiro atoms. The third-order valence-corrected chi connectivity index (χ3v) is 3.26. The van der Waals surface area contributed by atoms with Crippen LogP contribution in [0.4, 0.5) is 10.1 Å². The molecule has 0 unspecified atom stereocenters. The van der Waals surface area contributed by atoms with E-state index in [4.69, 9.17) is 5.41 Å². The van der Waals surface area contributed by atoms with Crippen LogP contribution in [0.15, 0.2) is 16.6 Å². The SMILES string of the molecule is Cc1cc(Br)c(F)cc1N1CCCC1=N. The first kappa shape index (κ1) is 10.6. The summed E-state index contributed by atoms with van der Waals surface area (Å²) in [4.78, 5) is 1.88. The monoisotopic (exact) mass is 270 g/mol. The third kappa shape index (κ3) is 1.91. The lowest BCUT2D eigenvalue weighted by molar-refractivity contribution is 0.620. The summed E-state index contributed by atoms with van der Waals surface area (Å²) in [6, 6.07) is 3.26. The van der Waals surface area contributed by atoms with E-state index in [0.717, 1.165) is 30.6 Å². The Bertz CT molecular complexity index is 417. The van der Waals surface area contributed by atoms with Crippen LogP contribution in [-0.4, -0.2) is 12.4 Å². The van der Waals surface area contributed by atoms with Crippen molar-refractivity contribution in [2.24, 2.45) is 0 Å². The summed E-state index contributed by atoms with van der Waals surface area (Å²) < 4.78 is 13.9. The second-order valence-electron chi connectivity index (χ2n) is 3.75. The summed E-state index contributed by atoms with van der Waals surface area (Å²) in [6.45, 7) is 2.76. The van der Waals surface area contributed by atoms with Gasteiger partial charge in [-0.2, -0.15) is 0 Å². The van der Waals surface area contributed by atoms with Crippen LogP contribution < -0.4 is 4.90 Å². The first-order chi connectivity index (χ1) is 7.09. The molecule has 4 heteroatoms. The minimum atomic E-state index is -0.268. The Morgan fingerprint density at radius 2 is 2.20 bits per heavy atom. The van der Waals surface area contributed by atoms with Gasteiger partial charge in [-0.15, -0.1) is 0 Å². The Hall–Kier alpha value is -0.900. The van der Waals surface area contributed by atoms with Crippen molar-refractivity contribution < 1.29 is 4.39 Å². The van der Waals surface area contributed by atoms with Gasteiger partial charge in [-0.25, -0.2) is 4.39 Å². The number of aryl methyl sites for hydroxylation is 1. The van der Waals surface area contributed by atoms with Crippen LogP contribution in [0.3, 0.4) is 0 Å². The molecule has 1 aromatic rings. The molecule has 0 saturated carbocycles. The van der Waals surface area contributed by atoms with E-state index in [1.165, 1.54) is 6.07 Å². The Kier molecular flexibility index (Phi) is 2.78. The molecule has 1 N–H and O–H groups in total. The van der Waals surface area contributed by atoms with Gasteiger partial charge in [0.05, 0.1) is 4.47 Å². The standard InChI is InChI=1S/C11H12BrFN2/c1-7-5-8(12)9(13)6-10(7)15-4-2-3-11(15)14/h5-6,14H,2-4H2,1H3. The fourth-order valence-corrected chi connectivity index (χ4v) is 2.32. The van der Waals surface area contributed by atoms with Crippen molar-refractivity contribution in [3.8, 4) is 0 Å². The molecule has 2 rings (SSSR count). The van der Waals surface area contributed by atoms with Crippen molar-refractivity contribution in [1.29, 1.82) is 5.41 Å². The van der Waals surface area contributed by atoms with E-state index in [0.29, 0.717) is 10.3 Å². The van der Waals surface area contributed by atoms with Crippen molar-refractivity contribution in [2.75, 3.05) is 11.4 Å². The molecule has 0 aliphatic carbocycles. The van der Waals surface area contributed by atoms with Crippen LogP contribution in [0.2, 0.25) is 0 Å². The van der Waals surface area contributed by atoms with Crippen LogP contribution in [0.1, 0.15) is 18.4 Å². The van der Waals surface area contributed by atoms with Crippen molar-refractivity contribution in [1.82, 2.24) is 0 Å². The number of hydrogen-bond acceptors (Lipinski definition) is 1. The number of hydrogen-bond donors (Lipinski definition) is 1. The zero-order valence-corrected chi connectivity index (χ0v) is 10.1. The smallest absolute Gasteiger partial charge is 0.139 e. The first-order valence-electron chi connectivity index (χ1n) is 4.90. The maximum Gasteiger partial charge on any atom is 0.139 e. The summed E-state index contributed by atoms with van der Waals surface area (Å²) >= 11 is 3.16. The highest BCUT2D eigenvalue weighted by atomic mass is 79.9. The summed E-state index contributed by atoms with van der Waals surface area (Å²) in [5.41, 5.74) is 1.81. The van der Waals surface area contributed by atoms with Gasteiger partial charge in [0.25, 0.3) is 0 Å². The fraction of sp³-hybridized carbons (Fsp3) is 0.364. The molecular weight excluding hydrogens is 259 g/mol. The van der Waals surface area contributed by atoms with Crippen LogP contribution in [0.5, 0.6) is 0 Å². The summed E-state index contributed by atoms with van der Waals surface area (Å²) in [5, 5.41) is 7.76. The minimum Gasteiger partial charge on any atom is -0.330 e. The number of nitrogens with one attached hydrogen (secondary N) is 1. The number of nitrogens with zero attached hydrogens (tertiary/aromatic N) is 1. The van der Waals surface area contributed by atoms with E-state index in [1.807, 2.05) is 11.8 Å². The summed E-state index contributed by atoms with van der Waals surface area (Å²) in [6.07, 6.45) is 1.77. The molecule has 2 nitrogen and oxygen atoms in total. The molecule has 80 valence electrons. The molecular formula is C11H12BrFN2. The molecule has 0 amide bonds. The average Bonchev–Trinajstić information content (AvgIpc) is 2.58. The lowest BCUT2D eigenvalue weighted by Crippen LogP contribution is -2.24. The highest BCUT2D eigenvalue weighted by Gasteiger charge is 2.20. The summed E-state index contributed by atoms with van der Waals surface area (Å²) in [7, 11) is 0. The van der Waals surface area contributed by atoms with E-state index in [2.05, 4.69) is 15.9 Å². The third-order valence-electron chi connectivity index (χ3n) is 2.65. The van der Waals surface area contributed by atoms with Gasteiger partial charge in [-0.1, -0.05) is 0 Å². The predicted octanol–water partition coefficient (Wildman–Crippen LogP) is 3.47. The fourth-order valence-electron chi connectivity index (χ4n) is 1.87. The maximum absolute atomic E-state index is 13.4. The number of anilines is 1. The van der Waals surface area contributed by atoms with Crippen LogP contribution >= 0.6 is 15.9 Å².